The third-order valence-electron chi connectivity index (χ3n) is 4.57. The Balaban J connectivity index is 1.43. The maximum atomic E-state index is 13.1. The number of hydrazine groups is 1. The van der Waals surface area contributed by atoms with E-state index >= 15 is 0 Å². The Morgan fingerprint density at radius 2 is 1.89 bits per heavy atom. The van der Waals surface area contributed by atoms with Crippen LogP contribution < -0.4 is 16.2 Å². The summed E-state index contributed by atoms with van der Waals surface area (Å²) in [5.41, 5.74) is 8.96. The van der Waals surface area contributed by atoms with Crippen LogP contribution in [0.3, 0.4) is 0 Å². The standard InChI is InChI=1S/C20H19FN4OS/c1-12-18(14-7-9-15(21)10-8-14)22-20(27-12)23-19(26)17-11-16(24-25-17)13-5-3-2-4-6-13/h2-10,16-17,24-25H,11H2,1H3,(H,22,23,26). The van der Waals surface area contributed by atoms with Crippen LogP contribution in [-0.4, -0.2) is 16.9 Å². The van der Waals surface area contributed by atoms with Gasteiger partial charge in [-0.05, 0) is 43.2 Å². The van der Waals surface area contributed by atoms with E-state index in [1.807, 2.05) is 37.3 Å². The van der Waals surface area contributed by atoms with E-state index in [2.05, 4.69) is 21.2 Å². The molecule has 2 heterocycles. The largest absolute Gasteiger partial charge is 0.301 e. The summed E-state index contributed by atoms with van der Waals surface area (Å²) in [6, 6.07) is 16.0. The van der Waals surface area contributed by atoms with Crippen LogP contribution in [0.4, 0.5) is 9.52 Å². The van der Waals surface area contributed by atoms with Gasteiger partial charge >= 0.3 is 0 Å². The number of aromatic nitrogens is 1. The number of hydrogen-bond donors (Lipinski definition) is 3. The number of amides is 1. The second-order valence-electron chi connectivity index (χ2n) is 6.46. The number of anilines is 1. The van der Waals surface area contributed by atoms with Gasteiger partial charge < -0.3 is 5.32 Å². The lowest BCUT2D eigenvalue weighted by Crippen LogP contribution is -2.39. The van der Waals surface area contributed by atoms with Crippen LogP contribution in [0.1, 0.15) is 22.9 Å². The predicted octanol–water partition coefficient (Wildman–Crippen LogP) is 3.80. The highest BCUT2D eigenvalue weighted by atomic mass is 32.1. The fourth-order valence-corrected chi connectivity index (χ4v) is 3.99. The Kier molecular flexibility index (Phi) is 4.98. The smallest absolute Gasteiger partial charge is 0.244 e. The van der Waals surface area contributed by atoms with Crippen molar-refractivity contribution in [3.8, 4) is 11.3 Å². The minimum absolute atomic E-state index is 0.0924. The van der Waals surface area contributed by atoms with E-state index in [1.54, 1.807) is 12.1 Å². The number of nitrogens with one attached hydrogen (secondary N) is 3. The molecule has 7 heteroatoms. The molecule has 2 aromatic carbocycles. The van der Waals surface area contributed by atoms with E-state index in [9.17, 15) is 9.18 Å². The summed E-state index contributed by atoms with van der Waals surface area (Å²) in [7, 11) is 0. The predicted molar refractivity (Wildman–Crippen MR) is 105 cm³/mol. The molecule has 0 bridgehead atoms. The number of nitrogens with zero attached hydrogens (tertiary/aromatic N) is 1. The first-order valence-corrected chi connectivity index (χ1v) is 9.52. The summed E-state index contributed by atoms with van der Waals surface area (Å²) in [6.07, 6.45) is 0.658. The molecule has 138 valence electrons. The highest BCUT2D eigenvalue weighted by Gasteiger charge is 2.30. The van der Waals surface area contributed by atoms with Crippen molar-refractivity contribution in [2.24, 2.45) is 0 Å². The zero-order chi connectivity index (χ0) is 18.8. The number of aryl methyl sites for hydroxylation is 1. The monoisotopic (exact) mass is 382 g/mol. The zero-order valence-electron chi connectivity index (χ0n) is 14.7. The number of thiazole rings is 1. The Bertz CT molecular complexity index is 942. The van der Waals surface area contributed by atoms with Gasteiger partial charge in [0.1, 0.15) is 11.9 Å². The average molecular weight is 382 g/mol. The van der Waals surface area contributed by atoms with Gasteiger partial charge in [0.2, 0.25) is 5.91 Å². The molecule has 27 heavy (non-hydrogen) atoms. The molecule has 0 saturated carbocycles. The highest BCUT2D eigenvalue weighted by molar-refractivity contribution is 7.16. The molecule has 2 unspecified atom stereocenters. The van der Waals surface area contributed by atoms with Crippen molar-refractivity contribution >= 4 is 22.4 Å². The highest BCUT2D eigenvalue weighted by Crippen LogP contribution is 2.31. The molecule has 0 radical (unpaired) electrons. The summed E-state index contributed by atoms with van der Waals surface area (Å²) in [6.45, 7) is 1.94. The number of carbonyl (C=O) groups is 1. The molecule has 5 nitrogen and oxygen atoms in total. The summed E-state index contributed by atoms with van der Waals surface area (Å²) < 4.78 is 13.1. The van der Waals surface area contributed by atoms with Crippen molar-refractivity contribution in [1.29, 1.82) is 0 Å². The van der Waals surface area contributed by atoms with Gasteiger partial charge in [-0.25, -0.2) is 20.2 Å². The Labute approximate surface area is 160 Å². The number of rotatable bonds is 4. The topological polar surface area (TPSA) is 66.1 Å². The molecule has 2 atom stereocenters. The van der Waals surface area contributed by atoms with Gasteiger partial charge in [0.05, 0.1) is 5.69 Å². The Morgan fingerprint density at radius 1 is 1.15 bits per heavy atom. The van der Waals surface area contributed by atoms with Gasteiger partial charge in [-0.3, -0.25) is 4.79 Å². The van der Waals surface area contributed by atoms with E-state index in [0.717, 1.165) is 21.7 Å². The van der Waals surface area contributed by atoms with Crippen molar-refractivity contribution in [2.75, 3.05) is 5.32 Å². The SMILES string of the molecule is Cc1sc(NC(=O)C2CC(c3ccccc3)NN2)nc1-c1ccc(F)cc1. The van der Waals surface area contributed by atoms with Crippen LogP contribution in [0.25, 0.3) is 11.3 Å². The molecular weight excluding hydrogens is 363 g/mol. The van der Waals surface area contributed by atoms with Gasteiger partial charge in [-0.15, -0.1) is 11.3 Å². The minimum Gasteiger partial charge on any atom is -0.301 e. The van der Waals surface area contributed by atoms with Crippen molar-refractivity contribution in [2.45, 2.75) is 25.4 Å². The first kappa shape index (κ1) is 17.8. The summed E-state index contributed by atoms with van der Waals surface area (Å²) in [5.74, 6) is -0.409. The number of hydrogen-bond acceptors (Lipinski definition) is 5. The summed E-state index contributed by atoms with van der Waals surface area (Å²) >= 11 is 1.41. The second kappa shape index (κ2) is 7.56. The quantitative estimate of drug-likeness (QED) is 0.642. The molecule has 0 spiro atoms. The Morgan fingerprint density at radius 3 is 2.63 bits per heavy atom. The molecule has 1 aliphatic rings. The van der Waals surface area contributed by atoms with Crippen LogP contribution in [0.15, 0.2) is 54.6 Å². The molecule has 3 N–H and O–H groups in total. The van der Waals surface area contributed by atoms with E-state index < -0.39 is 0 Å². The first-order chi connectivity index (χ1) is 13.1. The third kappa shape index (κ3) is 3.90. The maximum absolute atomic E-state index is 13.1. The third-order valence-corrected chi connectivity index (χ3v) is 5.45. The fraction of sp³-hybridized carbons (Fsp3) is 0.200. The second-order valence-corrected chi connectivity index (χ2v) is 7.66. The van der Waals surface area contributed by atoms with Crippen molar-refractivity contribution in [3.63, 3.8) is 0 Å². The van der Waals surface area contributed by atoms with Crippen LogP contribution in [0.5, 0.6) is 0 Å². The molecule has 1 saturated heterocycles. The average Bonchev–Trinajstić information content (AvgIpc) is 3.30. The lowest BCUT2D eigenvalue weighted by molar-refractivity contribution is -0.117. The Hall–Kier alpha value is -2.61. The van der Waals surface area contributed by atoms with Gasteiger partial charge in [0, 0.05) is 16.5 Å². The van der Waals surface area contributed by atoms with Crippen LogP contribution in [-0.2, 0) is 4.79 Å². The van der Waals surface area contributed by atoms with Crippen molar-refractivity contribution < 1.29 is 9.18 Å². The molecule has 1 fully saturated rings. The van der Waals surface area contributed by atoms with Gasteiger partial charge in [-0.1, -0.05) is 30.3 Å². The lowest BCUT2D eigenvalue weighted by Gasteiger charge is -2.09. The van der Waals surface area contributed by atoms with Gasteiger partial charge in [0.15, 0.2) is 5.13 Å². The zero-order valence-corrected chi connectivity index (χ0v) is 15.5. The molecule has 1 aromatic heterocycles. The maximum Gasteiger partial charge on any atom is 0.244 e. The summed E-state index contributed by atoms with van der Waals surface area (Å²) in [5, 5.41) is 3.43. The lowest BCUT2D eigenvalue weighted by atomic mass is 10.0. The van der Waals surface area contributed by atoms with Crippen LogP contribution in [0.2, 0.25) is 0 Å². The molecule has 1 aliphatic heterocycles. The van der Waals surface area contributed by atoms with Crippen LogP contribution in [0, 0.1) is 12.7 Å². The molecule has 4 rings (SSSR count). The van der Waals surface area contributed by atoms with Crippen molar-refractivity contribution in [1.82, 2.24) is 15.8 Å². The van der Waals surface area contributed by atoms with E-state index in [-0.39, 0.29) is 23.8 Å². The van der Waals surface area contributed by atoms with E-state index in [4.69, 9.17) is 0 Å². The number of benzene rings is 2. The normalized spacial score (nSPS) is 19.2. The van der Waals surface area contributed by atoms with Gasteiger partial charge in [0.25, 0.3) is 0 Å². The fourth-order valence-electron chi connectivity index (χ4n) is 3.15. The number of carbonyl (C=O) groups excluding carboxylic acids is 1. The molecular formula is C20H19FN4OS. The summed E-state index contributed by atoms with van der Waals surface area (Å²) in [4.78, 5) is 18.1. The van der Waals surface area contributed by atoms with E-state index in [0.29, 0.717) is 11.6 Å². The van der Waals surface area contributed by atoms with Crippen molar-refractivity contribution in [3.05, 3.63) is 70.9 Å². The van der Waals surface area contributed by atoms with Crippen LogP contribution >= 0.6 is 11.3 Å². The van der Waals surface area contributed by atoms with Gasteiger partial charge in [-0.2, -0.15) is 0 Å². The first-order valence-electron chi connectivity index (χ1n) is 8.70. The van der Waals surface area contributed by atoms with E-state index in [1.165, 1.54) is 23.5 Å². The molecule has 3 aromatic rings. The molecule has 1 amide bonds. The minimum atomic E-state index is -0.339. The number of halogens is 1. The molecule has 0 aliphatic carbocycles.